The first-order valence-electron chi connectivity index (χ1n) is 12.1. The molecule has 0 aromatic rings. The van der Waals surface area contributed by atoms with Crippen LogP contribution in [0.5, 0.6) is 0 Å². The lowest BCUT2D eigenvalue weighted by molar-refractivity contribution is -0.186. The molecule has 5 aliphatic rings. The highest BCUT2D eigenvalue weighted by molar-refractivity contribution is 5.75. The van der Waals surface area contributed by atoms with E-state index in [1.165, 1.54) is 32.1 Å². The van der Waals surface area contributed by atoms with Crippen LogP contribution in [0.2, 0.25) is 0 Å². The topological polar surface area (TPSA) is 57.5 Å². The molecule has 0 aliphatic heterocycles. The number of fused-ring (bicyclic) bond motifs is 7. The SMILES string of the molecule is CC1(C)C(O)CCC2(C)C3CCC4C(CCC5(C(=O)O)CCC[C@H]45)C3CCC12. The summed E-state index contributed by atoms with van der Waals surface area (Å²) in [5.41, 5.74) is 0.0188. The number of carbonyl (C=O) groups is 1. The highest BCUT2D eigenvalue weighted by Gasteiger charge is 2.63. The van der Waals surface area contributed by atoms with Crippen molar-refractivity contribution in [1.82, 2.24) is 0 Å². The fourth-order valence-electron chi connectivity index (χ4n) is 9.99. The average molecular weight is 389 g/mol. The molecule has 5 aliphatic carbocycles. The van der Waals surface area contributed by atoms with E-state index in [1.54, 1.807) is 0 Å². The van der Waals surface area contributed by atoms with Gasteiger partial charge in [0.05, 0.1) is 11.5 Å². The van der Waals surface area contributed by atoms with E-state index in [0.717, 1.165) is 56.3 Å². The van der Waals surface area contributed by atoms with Gasteiger partial charge in [-0.15, -0.1) is 0 Å². The second-order valence-electron chi connectivity index (χ2n) is 12.2. The van der Waals surface area contributed by atoms with E-state index < -0.39 is 5.97 Å². The van der Waals surface area contributed by atoms with Crippen molar-refractivity contribution < 1.29 is 15.0 Å². The predicted molar refractivity (Wildman–Crippen MR) is 110 cm³/mol. The zero-order chi connectivity index (χ0) is 19.9. The van der Waals surface area contributed by atoms with Crippen LogP contribution >= 0.6 is 0 Å². The molecule has 28 heavy (non-hydrogen) atoms. The molecule has 0 radical (unpaired) electrons. The van der Waals surface area contributed by atoms with Crippen molar-refractivity contribution in [2.24, 2.45) is 51.8 Å². The Morgan fingerprint density at radius 1 is 0.786 bits per heavy atom. The first kappa shape index (κ1) is 19.4. The number of aliphatic hydroxyl groups is 1. The van der Waals surface area contributed by atoms with Crippen LogP contribution in [-0.4, -0.2) is 22.3 Å². The summed E-state index contributed by atoms with van der Waals surface area (Å²) < 4.78 is 0. The summed E-state index contributed by atoms with van der Waals surface area (Å²) >= 11 is 0. The van der Waals surface area contributed by atoms with Crippen molar-refractivity contribution in [2.45, 2.75) is 97.5 Å². The molecular weight excluding hydrogens is 348 g/mol. The highest BCUT2D eigenvalue weighted by atomic mass is 16.4. The molecule has 0 aromatic carbocycles. The van der Waals surface area contributed by atoms with Crippen molar-refractivity contribution in [1.29, 1.82) is 0 Å². The number of hydrogen-bond donors (Lipinski definition) is 2. The van der Waals surface area contributed by atoms with Crippen LogP contribution in [0, 0.1) is 51.8 Å². The van der Waals surface area contributed by atoms with Gasteiger partial charge in [-0.25, -0.2) is 0 Å². The summed E-state index contributed by atoms with van der Waals surface area (Å²) in [5.74, 6) is 3.61. The number of carboxylic acid groups (broad SMARTS) is 1. The molecule has 0 amide bonds. The maximum absolute atomic E-state index is 12.2. The first-order chi connectivity index (χ1) is 13.2. The molecule has 9 atom stereocenters. The van der Waals surface area contributed by atoms with Gasteiger partial charge in [-0.3, -0.25) is 4.79 Å². The molecule has 5 fully saturated rings. The number of carboxylic acids is 1. The molecule has 158 valence electrons. The lowest BCUT2D eigenvalue weighted by atomic mass is 9.40. The van der Waals surface area contributed by atoms with Crippen molar-refractivity contribution >= 4 is 5.97 Å². The standard InChI is InChI=1S/C25H40O3/c1-23(2)20-9-7-16-15-10-14-25(22(27)28)12-4-5-19(25)17(15)6-8-18(16)24(20,3)13-11-21(23)26/h15-21,26H,4-14H2,1-3H3,(H,27,28)/t15?,16?,17?,18?,19-,20?,21?,24?,25?/m1/s1. The van der Waals surface area contributed by atoms with Crippen LogP contribution < -0.4 is 0 Å². The Morgan fingerprint density at radius 2 is 1.50 bits per heavy atom. The van der Waals surface area contributed by atoms with Crippen molar-refractivity contribution in [3.63, 3.8) is 0 Å². The Hall–Kier alpha value is -0.570. The van der Waals surface area contributed by atoms with Gasteiger partial charge in [-0.1, -0.05) is 27.2 Å². The number of hydrogen-bond acceptors (Lipinski definition) is 2. The molecule has 0 aromatic heterocycles. The molecule has 0 saturated heterocycles. The zero-order valence-corrected chi connectivity index (χ0v) is 18.1. The van der Waals surface area contributed by atoms with Crippen molar-refractivity contribution in [3.05, 3.63) is 0 Å². The number of aliphatic hydroxyl groups excluding tert-OH is 1. The van der Waals surface area contributed by atoms with Gasteiger partial charge in [0.1, 0.15) is 0 Å². The minimum absolute atomic E-state index is 0.0330. The maximum atomic E-state index is 12.2. The summed E-state index contributed by atoms with van der Waals surface area (Å²) in [7, 11) is 0. The minimum Gasteiger partial charge on any atom is -0.481 e. The van der Waals surface area contributed by atoms with Gasteiger partial charge in [0, 0.05) is 0 Å². The minimum atomic E-state index is -0.491. The van der Waals surface area contributed by atoms with Crippen LogP contribution in [0.3, 0.4) is 0 Å². The Morgan fingerprint density at radius 3 is 2.25 bits per heavy atom. The fraction of sp³-hybridized carbons (Fsp3) is 0.960. The Bertz CT molecular complexity index is 656. The van der Waals surface area contributed by atoms with Crippen LogP contribution in [0.15, 0.2) is 0 Å². The van der Waals surface area contributed by atoms with E-state index in [0.29, 0.717) is 23.2 Å². The Kier molecular flexibility index (Phi) is 4.31. The lowest BCUT2D eigenvalue weighted by Crippen LogP contribution is -2.60. The average Bonchev–Trinajstić information content (AvgIpc) is 3.11. The normalized spacial score (nSPS) is 54.8. The van der Waals surface area contributed by atoms with Crippen molar-refractivity contribution in [2.75, 3.05) is 0 Å². The van der Waals surface area contributed by atoms with Gasteiger partial charge in [0.15, 0.2) is 0 Å². The van der Waals surface area contributed by atoms with E-state index in [-0.39, 0.29) is 16.9 Å². The van der Waals surface area contributed by atoms with Crippen molar-refractivity contribution in [3.8, 4) is 0 Å². The third-order valence-electron chi connectivity index (χ3n) is 11.3. The predicted octanol–water partition coefficient (Wildman–Crippen LogP) is 5.51. The highest BCUT2D eigenvalue weighted by Crippen LogP contribution is 2.69. The van der Waals surface area contributed by atoms with Gasteiger partial charge < -0.3 is 10.2 Å². The van der Waals surface area contributed by atoms with Gasteiger partial charge in [-0.05, 0) is 111 Å². The molecule has 3 heteroatoms. The summed E-state index contributed by atoms with van der Waals surface area (Å²) in [6.07, 6.45) is 12.4. The molecule has 5 saturated carbocycles. The van der Waals surface area contributed by atoms with Crippen LogP contribution in [0.1, 0.15) is 91.4 Å². The maximum Gasteiger partial charge on any atom is 0.309 e. The first-order valence-corrected chi connectivity index (χ1v) is 12.1. The van der Waals surface area contributed by atoms with Gasteiger partial charge in [-0.2, -0.15) is 0 Å². The second kappa shape index (κ2) is 6.22. The van der Waals surface area contributed by atoms with E-state index in [4.69, 9.17) is 0 Å². The van der Waals surface area contributed by atoms with Gasteiger partial charge in [0.25, 0.3) is 0 Å². The summed E-state index contributed by atoms with van der Waals surface area (Å²) in [4.78, 5) is 12.2. The van der Waals surface area contributed by atoms with Crippen LogP contribution in [0.4, 0.5) is 0 Å². The molecule has 0 bridgehead atoms. The number of aliphatic carboxylic acids is 1. The smallest absolute Gasteiger partial charge is 0.309 e. The quantitative estimate of drug-likeness (QED) is 0.623. The molecular formula is C25H40O3. The number of rotatable bonds is 1. The molecule has 0 spiro atoms. The van der Waals surface area contributed by atoms with Crippen LogP contribution in [-0.2, 0) is 4.79 Å². The van der Waals surface area contributed by atoms with E-state index in [9.17, 15) is 15.0 Å². The molecule has 2 N–H and O–H groups in total. The summed E-state index contributed by atoms with van der Waals surface area (Å²) in [6, 6.07) is 0. The largest absolute Gasteiger partial charge is 0.481 e. The van der Waals surface area contributed by atoms with Gasteiger partial charge in [0.2, 0.25) is 0 Å². The molecule has 8 unspecified atom stereocenters. The molecule has 0 heterocycles. The van der Waals surface area contributed by atoms with E-state index in [2.05, 4.69) is 20.8 Å². The van der Waals surface area contributed by atoms with E-state index in [1.807, 2.05) is 0 Å². The summed E-state index contributed by atoms with van der Waals surface area (Å²) in [5, 5.41) is 20.8. The monoisotopic (exact) mass is 388 g/mol. The zero-order valence-electron chi connectivity index (χ0n) is 18.1. The molecule has 3 nitrogen and oxygen atoms in total. The Labute approximate surface area is 170 Å². The fourth-order valence-corrected chi connectivity index (χ4v) is 9.99. The second-order valence-corrected chi connectivity index (χ2v) is 12.2. The molecule has 5 rings (SSSR count). The van der Waals surface area contributed by atoms with E-state index >= 15 is 0 Å². The Balaban J connectivity index is 1.43. The third-order valence-corrected chi connectivity index (χ3v) is 11.3. The summed E-state index contributed by atoms with van der Waals surface area (Å²) in [6.45, 7) is 7.18. The third kappa shape index (κ3) is 2.35. The van der Waals surface area contributed by atoms with Gasteiger partial charge >= 0.3 is 5.97 Å². The van der Waals surface area contributed by atoms with Crippen LogP contribution in [0.25, 0.3) is 0 Å². The lowest BCUT2D eigenvalue weighted by Gasteiger charge is -2.65.